The topological polar surface area (TPSA) is 94.8 Å². The highest BCUT2D eigenvalue weighted by Crippen LogP contribution is 2.40. The van der Waals surface area contributed by atoms with E-state index in [1.807, 2.05) is 38.1 Å². The number of esters is 1. The van der Waals surface area contributed by atoms with Crippen LogP contribution in [0.3, 0.4) is 0 Å². The first kappa shape index (κ1) is 23.7. The first-order valence-corrected chi connectivity index (χ1v) is 11.8. The molecule has 0 spiro atoms. The second-order valence-corrected chi connectivity index (χ2v) is 9.62. The summed E-state index contributed by atoms with van der Waals surface area (Å²) < 4.78 is 16.7. The number of fused-ring (bicyclic) bond motifs is 1. The Kier molecular flexibility index (Phi) is 6.85. The van der Waals surface area contributed by atoms with Gasteiger partial charge in [0.25, 0.3) is 5.91 Å². The van der Waals surface area contributed by atoms with E-state index >= 15 is 0 Å². The van der Waals surface area contributed by atoms with Crippen molar-refractivity contribution >= 4 is 55.1 Å². The number of anilines is 1. The number of ether oxygens (including phenoxy) is 2. The molecule has 0 aliphatic rings. The van der Waals surface area contributed by atoms with Crippen molar-refractivity contribution in [1.82, 2.24) is 0 Å². The molecule has 0 unspecified atom stereocenters. The van der Waals surface area contributed by atoms with Crippen LogP contribution in [0.5, 0.6) is 5.75 Å². The molecule has 2 aromatic heterocycles. The Labute approximate surface area is 207 Å². The summed E-state index contributed by atoms with van der Waals surface area (Å²) in [5.74, 6) is -0.611. The average Bonchev–Trinajstić information content (AvgIpc) is 3.12. The van der Waals surface area contributed by atoms with Gasteiger partial charge in [-0.3, -0.25) is 4.79 Å². The van der Waals surface area contributed by atoms with Gasteiger partial charge < -0.3 is 19.2 Å². The highest BCUT2D eigenvalue weighted by atomic mass is 79.9. The molecule has 9 heteroatoms. The third kappa shape index (κ3) is 4.90. The molecule has 2 heterocycles. The Morgan fingerprint density at radius 1 is 1.09 bits per heavy atom. The third-order valence-corrected chi connectivity index (χ3v) is 6.70. The van der Waals surface area contributed by atoms with E-state index in [4.69, 9.17) is 13.9 Å². The van der Waals surface area contributed by atoms with E-state index in [1.165, 1.54) is 24.5 Å². The molecule has 4 aromatic rings. The summed E-state index contributed by atoms with van der Waals surface area (Å²) in [4.78, 5) is 37.8. The molecular formula is C25H20BrNO6S. The van der Waals surface area contributed by atoms with Crippen LogP contribution in [-0.2, 0) is 9.53 Å². The molecule has 34 heavy (non-hydrogen) atoms. The molecule has 0 bridgehead atoms. The Hall–Kier alpha value is -3.43. The predicted molar refractivity (Wildman–Crippen MR) is 135 cm³/mol. The zero-order valence-corrected chi connectivity index (χ0v) is 21.0. The van der Waals surface area contributed by atoms with Gasteiger partial charge in [-0.25, -0.2) is 9.59 Å². The fourth-order valence-corrected chi connectivity index (χ4v) is 4.95. The van der Waals surface area contributed by atoms with Crippen LogP contribution in [0.4, 0.5) is 5.00 Å². The predicted octanol–water partition coefficient (Wildman–Crippen LogP) is 5.70. The zero-order chi connectivity index (χ0) is 24.4. The van der Waals surface area contributed by atoms with Gasteiger partial charge in [0.15, 0.2) is 6.61 Å². The van der Waals surface area contributed by atoms with E-state index in [2.05, 4.69) is 21.2 Å². The number of carbonyl (C=O) groups excluding carboxylic acids is 2. The summed E-state index contributed by atoms with van der Waals surface area (Å²) in [6, 6.07) is 14.0. The molecule has 0 radical (unpaired) electrons. The number of hydrogen-bond donors (Lipinski definition) is 1. The van der Waals surface area contributed by atoms with Gasteiger partial charge in [0.2, 0.25) is 0 Å². The molecule has 0 aliphatic heterocycles. The molecule has 0 aliphatic carbocycles. The number of carbonyl (C=O) groups is 2. The van der Waals surface area contributed by atoms with Gasteiger partial charge in [0.05, 0.1) is 7.11 Å². The van der Waals surface area contributed by atoms with Crippen molar-refractivity contribution in [3.05, 3.63) is 79.4 Å². The van der Waals surface area contributed by atoms with Crippen LogP contribution < -0.4 is 15.7 Å². The van der Waals surface area contributed by atoms with Crippen molar-refractivity contribution < 1.29 is 23.5 Å². The molecule has 0 saturated carbocycles. The number of halogens is 1. The summed E-state index contributed by atoms with van der Waals surface area (Å²) in [5, 5.41) is 3.94. The fourth-order valence-electron chi connectivity index (χ4n) is 3.60. The van der Waals surface area contributed by atoms with Gasteiger partial charge in [-0.1, -0.05) is 28.1 Å². The van der Waals surface area contributed by atoms with E-state index < -0.39 is 17.5 Å². The quantitative estimate of drug-likeness (QED) is 0.248. The monoisotopic (exact) mass is 541 g/mol. The van der Waals surface area contributed by atoms with Crippen molar-refractivity contribution in [3.63, 3.8) is 0 Å². The lowest BCUT2D eigenvalue weighted by Gasteiger charge is -2.10. The Bertz CT molecular complexity index is 1460. The van der Waals surface area contributed by atoms with Crippen LogP contribution >= 0.6 is 27.3 Å². The lowest BCUT2D eigenvalue weighted by Crippen LogP contribution is -2.21. The van der Waals surface area contributed by atoms with E-state index in [-0.39, 0.29) is 6.61 Å². The largest absolute Gasteiger partial charge is 0.484 e. The minimum atomic E-state index is -0.543. The molecule has 0 fully saturated rings. The van der Waals surface area contributed by atoms with Crippen molar-refractivity contribution in [3.8, 4) is 16.9 Å². The first-order chi connectivity index (χ1) is 16.3. The summed E-state index contributed by atoms with van der Waals surface area (Å²) in [6.45, 7) is 3.40. The standard InChI is InChI=1S/C25H20BrNO6S/c1-13-10-21(29)33-19-11-17(8-9-18(13)19)32-12-20(28)27-24-23(25(30)31-3)22(14(2)34-24)15-4-6-16(26)7-5-15/h4-11H,12H2,1-3H3,(H,27,28). The van der Waals surface area contributed by atoms with Crippen LogP contribution in [0.1, 0.15) is 20.8 Å². The fraction of sp³-hybridized carbons (Fsp3) is 0.160. The number of amides is 1. The molecule has 0 atom stereocenters. The highest BCUT2D eigenvalue weighted by Gasteiger charge is 2.25. The van der Waals surface area contributed by atoms with Crippen molar-refractivity contribution in [2.45, 2.75) is 13.8 Å². The maximum atomic E-state index is 12.7. The smallest absolute Gasteiger partial charge is 0.341 e. The maximum absolute atomic E-state index is 12.7. The number of methoxy groups -OCH3 is 1. The van der Waals surface area contributed by atoms with Crippen LogP contribution in [0.25, 0.3) is 22.1 Å². The second-order valence-electron chi connectivity index (χ2n) is 7.48. The SMILES string of the molecule is COC(=O)c1c(NC(=O)COc2ccc3c(C)cc(=O)oc3c2)sc(C)c1-c1ccc(Br)cc1. The zero-order valence-electron chi connectivity index (χ0n) is 18.6. The van der Waals surface area contributed by atoms with Crippen LogP contribution in [0.2, 0.25) is 0 Å². The average molecular weight is 542 g/mol. The number of aryl methyl sites for hydroxylation is 2. The van der Waals surface area contributed by atoms with E-state index in [1.54, 1.807) is 18.2 Å². The number of hydrogen-bond acceptors (Lipinski definition) is 7. The van der Waals surface area contributed by atoms with E-state index in [9.17, 15) is 14.4 Å². The Morgan fingerprint density at radius 3 is 2.53 bits per heavy atom. The molecule has 7 nitrogen and oxygen atoms in total. The summed E-state index contributed by atoms with van der Waals surface area (Å²) >= 11 is 4.70. The number of thiophene rings is 1. The molecule has 4 rings (SSSR count). The molecule has 174 valence electrons. The summed E-state index contributed by atoms with van der Waals surface area (Å²) in [6.07, 6.45) is 0. The lowest BCUT2D eigenvalue weighted by molar-refractivity contribution is -0.118. The second kappa shape index (κ2) is 9.82. The van der Waals surface area contributed by atoms with Crippen molar-refractivity contribution in [2.75, 3.05) is 19.0 Å². The van der Waals surface area contributed by atoms with Gasteiger partial charge in [0, 0.05) is 32.4 Å². The highest BCUT2D eigenvalue weighted by molar-refractivity contribution is 9.10. The minimum Gasteiger partial charge on any atom is -0.484 e. The lowest BCUT2D eigenvalue weighted by atomic mass is 10.0. The van der Waals surface area contributed by atoms with Gasteiger partial charge in [0.1, 0.15) is 21.9 Å². The molecule has 1 N–H and O–H groups in total. The third-order valence-electron chi connectivity index (χ3n) is 5.15. The van der Waals surface area contributed by atoms with Crippen molar-refractivity contribution in [2.24, 2.45) is 0 Å². The van der Waals surface area contributed by atoms with Crippen molar-refractivity contribution in [1.29, 1.82) is 0 Å². The van der Waals surface area contributed by atoms with Gasteiger partial charge in [-0.05, 0) is 49.2 Å². The number of benzene rings is 2. The van der Waals surface area contributed by atoms with Crippen LogP contribution in [0, 0.1) is 13.8 Å². The first-order valence-electron chi connectivity index (χ1n) is 10.2. The van der Waals surface area contributed by atoms with E-state index in [0.717, 1.165) is 25.9 Å². The summed E-state index contributed by atoms with van der Waals surface area (Å²) in [5.41, 5.74) is 2.56. The van der Waals surface area contributed by atoms with E-state index in [0.29, 0.717) is 27.5 Å². The maximum Gasteiger partial charge on any atom is 0.341 e. The Morgan fingerprint density at radius 2 is 1.82 bits per heavy atom. The summed E-state index contributed by atoms with van der Waals surface area (Å²) in [7, 11) is 1.30. The normalized spacial score (nSPS) is 10.8. The number of nitrogens with one attached hydrogen (secondary N) is 1. The molecule has 2 aromatic carbocycles. The van der Waals surface area contributed by atoms with Crippen LogP contribution in [0.15, 0.2) is 62.2 Å². The molecule has 0 saturated heterocycles. The van der Waals surface area contributed by atoms with Gasteiger partial charge in [-0.2, -0.15) is 0 Å². The Balaban J connectivity index is 1.55. The van der Waals surface area contributed by atoms with Crippen LogP contribution in [-0.4, -0.2) is 25.6 Å². The van der Waals surface area contributed by atoms with Gasteiger partial charge in [-0.15, -0.1) is 11.3 Å². The molecular weight excluding hydrogens is 522 g/mol. The molecule has 1 amide bonds. The van der Waals surface area contributed by atoms with Gasteiger partial charge >= 0.3 is 11.6 Å². The minimum absolute atomic E-state index is 0.295. The number of rotatable bonds is 6.